The van der Waals surface area contributed by atoms with E-state index in [-0.39, 0.29) is 5.69 Å². The molecule has 0 spiro atoms. The molecule has 0 bridgehead atoms. The van der Waals surface area contributed by atoms with Gasteiger partial charge in [0.15, 0.2) is 0 Å². The highest BCUT2D eigenvalue weighted by molar-refractivity contribution is 5.34. The van der Waals surface area contributed by atoms with Crippen molar-refractivity contribution < 1.29 is 4.74 Å². The van der Waals surface area contributed by atoms with E-state index in [2.05, 4.69) is 27.0 Å². The Labute approximate surface area is 201 Å². The summed E-state index contributed by atoms with van der Waals surface area (Å²) in [5, 5.41) is 4.42. The minimum Gasteiger partial charge on any atom is -0.492 e. The maximum Gasteiger partial charge on any atom is 0.350 e. The number of hydrogen-bond acceptors (Lipinski definition) is 5. The Morgan fingerprint density at radius 3 is 2.35 bits per heavy atom. The second-order valence-electron chi connectivity index (χ2n) is 9.56. The lowest BCUT2D eigenvalue weighted by Gasteiger charge is -2.31. The van der Waals surface area contributed by atoms with E-state index in [4.69, 9.17) is 4.74 Å². The molecule has 7 nitrogen and oxygen atoms in total. The van der Waals surface area contributed by atoms with Crippen LogP contribution >= 0.6 is 0 Å². The van der Waals surface area contributed by atoms with Gasteiger partial charge in [0.25, 0.3) is 0 Å². The lowest BCUT2D eigenvalue weighted by atomic mass is 9.97. The molecule has 0 amide bonds. The van der Waals surface area contributed by atoms with E-state index in [9.17, 15) is 4.79 Å². The average Bonchev–Trinajstić information content (AvgIpc) is 3.51. The third kappa shape index (κ3) is 5.77. The Kier molecular flexibility index (Phi) is 7.41. The van der Waals surface area contributed by atoms with E-state index in [0.29, 0.717) is 19.1 Å². The van der Waals surface area contributed by atoms with Gasteiger partial charge in [-0.25, -0.2) is 14.0 Å². The number of nitrogens with zero attached hydrogens (tertiary/aromatic N) is 5. The van der Waals surface area contributed by atoms with E-state index in [0.717, 1.165) is 50.5 Å². The predicted octanol–water partition coefficient (Wildman–Crippen LogP) is 3.42. The van der Waals surface area contributed by atoms with Crippen LogP contribution in [0.5, 0.6) is 5.75 Å². The highest BCUT2D eigenvalue weighted by Gasteiger charge is 2.21. The highest BCUT2D eigenvalue weighted by atomic mass is 16.5. The maximum atomic E-state index is 13.0. The van der Waals surface area contributed by atoms with Gasteiger partial charge in [0.2, 0.25) is 0 Å². The van der Waals surface area contributed by atoms with Crippen LogP contribution in [-0.4, -0.2) is 63.5 Å². The molecule has 5 rings (SSSR count). The molecular weight excluding hydrogens is 426 g/mol. The summed E-state index contributed by atoms with van der Waals surface area (Å²) in [6, 6.07) is 18.3. The normalized spacial score (nSPS) is 17.9. The molecule has 2 saturated heterocycles. The minimum absolute atomic E-state index is 0.0500. The van der Waals surface area contributed by atoms with Gasteiger partial charge in [0.1, 0.15) is 18.7 Å². The maximum absolute atomic E-state index is 13.0. The highest BCUT2D eigenvalue weighted by Crippen LogP contribution is 2.19. The number of hydrogen-bond donors (Lipinski definition) is 0. The van der Waals surface area contributed by atoms with Gasteiger partial charge in [0, 0.05) is 19.6 Å². The van der Waals surface area contributed by atoms with Crippen LogP contribution in [0.4, 0.5) is 0 Å². The summed E-state index contributed by atoms with van der Waals surface area (Å²) in [6.07, 6.45) is 6.42. The molecule has 180 valence electrons. The molecule has 7 heteroatoms. The van der Waals surface area contributed by atoms with Crippen LogP contribution in [0.1, 0.15) is 31.2 Å². The average molecular weight is 462 g/mol. The summed E-state index contributed by atoms with van der Waals surface area (Å²) in [5.74, 6) is 1.41. The number of benzene rings is 2. The van der Waals surface area contributed by atoms with Crippen molar-refractivity contribution in [2.24, 2.45) is 5.92 Å². The van der Waals surface area contributed by atoms with Crippen molar-refractivity contribution in [3.05, 3.63) is 77.0 Å². The third-order valence-corrected chi connectivity index (χ3v) is 7.11. The van der Waals surface area contributed by atoms with Crippen molar-refractivity contribution in [1.82, 2.24) is 24.1 Å². The number of aromatic nitrogens is 3. The number of rotatable bonds is 9. The number of piperidine rings is 1. The van der Waals surface area contributed by atoms with Gasteiger partial charge < -0.3 is 4.74 Å². The topological polar surface area (TPSA) is 55.5 Å². The van der Waals surface area contributed by atoms with Gasteiger partial charge in [-0.1, -0.05) is 30.3 Å². The Balaban J connectivity index is 1.09. The molecule has 2 aliphatic rings. The van der Waals surface area contributed by atoms with E-state index < -0.39 is 0 Å². The summed E-state index contributed by atoms with van der Waals surface area (Å²) < 4.78 is 9.13. The fourth-order valence-corrected chi connectivity index (χ4v) is 5.05. The Hall–Kier alpha value is -2.90. The van der Waals surface area contributed by atoms with Crippen LogP contribution in [-0.2, 0) is 13.1 Å². The quantitative estimate of drug-likeness (QED) is 0.489. The van der Waals surface area contributed by atoms with Crippen LogP contribution in [0.2, 0.25) is 0 Å². The second kappa shape index (κ2) is 11.0. The predicted molar refractivity (Wildman–Crippen MR) is 133 cm³/mol. The second-order valence-corrected chi connectivity index (χ2v) is 9.56. The van der Waals surface area contributed by atoms with Gasteiger partial charge >= 0.3 is 5.69 Å². The number of para-hydroxylation sites is 1. The molecule has 2 aliphatic heterocycles. The molecular formula is C27H35N5O2. The first-order valence-corrected chi connectivity index (χ1v) is 12.6. The first-order chi connectivity index (χ1) is 16.7. The fraction of sp³-hybridized carbons (Fsp3) is 0.481. The van der Waals surface area contributed by atoms with Crippen LogP contribution in [0.3, 0.4) is 0 Å². The standard InChI is InChI=1S/C27H35N5O2/c33-27-31(25-10-8-23(9-11-25)20-30-14-4-5-15-30)22-28-32(27)21-24-12-16-29(17-13-24)18-19-34-26-6-2-1-3-7-26/h1-3,6-11,22,24H,4-5,12-21H2. The summed E-state index contributed by atoms with van der Waals surface area (Å²) in [5.41, 5.74) is 2.13. The molecule has 0 saturated carbocycles. The summed E-state index contributed by atoms with van der Waals surface area (Å²) in [4.78, 5) is 17.9. The van der Waals surface area contributed by atoms with Crippen molar-refractivity contribution in [2.75, 3.05) is 39.3 Å². The van der Waals surface area contributed by atoms with Gasteiger partial charge in [0.05, 0.1) is 5.69 Å². The van der Waals surface area contributed by atoms with Crippen molar-refractivity contribution in [3.63, 3.8) is 0 Å². The van der Waals surface area contributed by atoms with E-state index in [1.807, 2.05) is 42.5 Å². The fourth-order valence-electron chi connectivity index (χ4n) is 5.05. The summed E-state index contributed by atoms with van der Waals surface area (Å²) in [7, 11) is 0. The van der Waals surface area contributed by atoms with E-state index in [1.165, 1.54) is 31.5 Å². The number of likely N-dealkylation sites (tertiary alicyclic amines) is 2. The lowest BCUT2D eigenvalue weighted by molar-refractivity contribution is 0.145. The summed E-state index contributed by atoms with van der Waals surface area (Å²) in [6.45, 7) is 7.77. The Bertz CT molecular complexity index is 1080. The van der Waals surface area contributed by atoms with Crippen molar-refractivity contribution in [2.45, 2.75) is 38.8 Å². The van der Waals surface area contributed by atoms with Crippen LogP contribution < -0.4 is 10.4 Å². The molecule has 1 aromatic heterocycles. The molecule has 2 fully saturated rings. The van der Waals surface area contributed by atoms with Crippen LogP contribution in [0.15, 0.2) is 65.7 Å². The van der Waals surface area contributed by atoms with Gasteiger partial charge in [-0.15, -0.1) is 0 Å². The molecule has 3 aromatic rings. The van der Waals surface area contributed by atoms with Gasteiger partial charge in [-0.05, 0) is 87.6 Å². The van der Waals surface area contributed by atoms with Crippen LogP contribution in [0, 0.1) is 5.92 Å². The van der Waals surface area contributed by atoms with Crippen LogP contribution in [0.25, 0.3) is 5.69 Å². The Morgan fingerprint density at radius 1 is 0.882 bits per heavy atom. The summed E-state index contributed by atoms with van der Waals surface area (Å²) >= 11 is 0. The zero-order valence-corrected chi connectivity index (χ0v) is 19.9. The Morgan fingerprint density at radius 2 is 1.62 bits per heavy atom. The van der Waals surface area contributed by atoms with E-state index in [1.54, 1.807) is 15.6 Å². The van der Waals surface area contributed by atoms with E-state index >= 15 is 0 Å². The minimum atomic E-state index is -0.0500. The molecule has 0 unspecified atom stereocenters. The molecule has 2 aromatic carbocycles. The third-order valence-electron chi connectivity index (χ3n) is 7.11. The molecule has 3 heterocycles. The molecule has 0 N–H and O–H groups in total. The largest absolute Gasteiger partial charge is 0.492 e. The first kappa shape index (κ1) is 22.9. The van der Waals surface area contributed by atoms with Crippen molar-refractivity contribution >= 4 is 0 Å². The van der Waals surface area contributed by atoms with Crippen molar-refractivity contribution in [3.8, 4) is 11.4 Å². The molecule has 0 atom stereocenters. The first-order valence-electron chi connectivity index (χ1n) is 12.6. The van der Waals surface area contributed by atoms with Gasteiger partial charge in [-0.3, -0.25) is 9.80 Å². The lowest BCUT2D eigenvalue weighted by Crippen LogP contribution is -2.38. The molecule has 34 heavy (non-hydrogen) atoms. The zero-order chi connectivity index (χ0) is 23.2. The number of ether oxygens (including phenoxy) is 1. The SMILES string of the molecule is O=c1n(-c2ccc(CN3CCCC3)cc2)cnn1CC1CCN(CCOc2ccccc2)CC1. The zero-order valence-electron chi connectivity index (χ0n) is 19.9. The smallest absolute Gasteiger partial charge is 0.350 e. The molecule has 0 radical (unpaired) electrons. The monoisotopic (exact) mass is 461 g/mol. The van der Waals surface area contributed by atoms with Crippen molar-refractivity contribution in [1.29, 1.82) is 0 Å². The molecule has 0 aliphatic carbocycles. The van der Waals surface area contributed by atoms with Gasteiger partial charge in [-0.2, -0.15) is 5.10 Å².